The molecule has 0 bridgehead atoms. The lowest BCUT2D eigenvalue weighted by Crippen LogP contribution is -2.46. The summed E-state index contributed by atoms with van der Waals surface area (Å²) in [6, 6.07) is 6.29. The Hall–Kier alpha value is -1.62. The smallest absolute Gasteiger partial charge is 0.242 e. The van der Waals surface area contributed by atoms with Gasteiger partial charge in [0.25, 0.3) is 0 Å². The van der Waals surface area contributed by atoms with Crippen LogP contribution in [-0.4, -0.2) is 31.1 Å². The molecule has 110 valence electrons. The molecule has 1 aliphatic carbocycles. The quantitative estimate of drug-likeness (QED) is 0.798. The number of anilines is 1. The summed E-state index contributed by atoms with van der Waals surface area (Å²) in [7, 11) is 0. The van der Waals surface area contributed by atoms with Crippen molar-refractivity contribution in [3.8, 4) is 0 Å². The van der Waals surface area contributed by atoms with Crippen LogP contribution in [0.3, 0.4) is 0 Å². The molecule has 2 rings (SSSR count). The molecule has 0 aromatic heterocycles. The molecule has 1 unspecified atom stereocenters. The number of hydrogen-bond donors (Lipinski definition) is 2. The van der Waals surface area contributed by atoms with Crippen LogP contribution in [0.1, 0.15) is 26.2 Å². The second-order valence-corrected chi connectivity index (χ2v) is 5.27. The minimum absolute atomic E-state index is 0.0221. The van der Waals surface area contributed by atoms with Crippen molar-refractivity contribution in [1.29, 1.82) is 0 Å². The summed E-state index contributed by atoms with van der Waals surface area (Å²) in [5, 5.41) is 3.01. The zero-order valence-electron chi connectivity index (χ0n) is 11.8. The number of amides is 1. The molecule has 1 aliphatic rings. The molecule has 0 saturated heterocycles. The molecule has 1 amide bonds. The maximum Gasteiger partial charge on any atom is 0.242 e. The van der Waals surface area contributed by atoms with Gasteiger partial charge in [-0.05, 0) is 57.0 Å². The highest BCUT2D eigenvalue weighted by atomic mass is 19.1. The summed E-state index contributed by atoms with van der Waals surface area (Å²) < 4.78 is 13.0. The third kappa shape index (κ3) is 3.93. The molecule has 0 radical (unpaired) electrons. The van der Waals surface area contributed by atoms with Crippen LogP contribution in [0, 0.1) is 5.82 Å². The summed E-state index contributed by atoms with van der Waals surface area (Å²) in [6.45, 7) is 3.12. The van der Waals surface area contributed by atoms with E-state index in [9.17, 15) is 9.18 Å². The van der Waals surface area contributed by atoms with Crippen molar-refractivity contribution in [2.45, 2.75) is 38.3 Å². The van der Waals surface area contributed by atoms with E-state index >= 15 is 0 Å². The van der Waals surface area contributed by atoms with Crippen molar-refractivity contribution in [3.63, 3.8) is 0 Å². The van der Waals surface area contributed by atoms with Crippen LogP contribution in [0.15, 0.2) is 24.3 Å². The highest BCUT2D eigenvalue weighted by Gasteiger charge is 2.28. The van der Waals surface area contributed by atoms with E-state index in [0.717, 1.165) is 24.9 Å². The van der Waals surface area contributed by atoms with Crippen molar-refractivity contribution in [3.05, 3.63) is 30.1 Å². The molecule has 3 N–H and O–H groups in total. The molecule has 5 heteroatoms. The van der Waals surface area contributed by atoms with Gasteiger partial charge >= 0.3 is 0 Å². The van der Waals surface area contributed by atoms with Crippen LogP contribution in [0.25, 0.3) is 0 Å². The highest BCUT2D eigenvalue weighted by molar-refractivity contribution is 5.85. The SMILES string of the molecule is CC(C(=O)NC1CC1)N(CCCN)c1ccc(F)cc1. The number of hydrogen-bond acceptors (Lipinski definition) is 3. The molecular formula is C15H22FN3O. The van der Waals surface area contributed by atoms with Gasteiger partial charge in [0, 0.05) is 18.3 Å². The van der Waals surface area contributed by atoms with Crippen molar-refractivity contribution in [2.24, 2.45) is 5.73 Å². The lowest BCUT2D eigenvalue weighted by molar-refractivity contribution is -0.122. The van der Waals surface area contributed by atoms with Gasteiger partial charge in [0.1, 0.15) is 11.9 Å². The minimum atomic E-state index is -0.285. The number of halogens is 1. The van der Waals surface area contributed by atoms with Crippen LogP contribution >= 0.6 is 0 Å². The average molecular weight is 279 g/mol. The average Bonchev–Trinajstić information content (AvgIpc) is 3.24. The first-order chi connectivity index (χ1) is 9.61. The van der Waals surface area contributed by atoms with Crippen LogP contribution < -0.4 is 16.0 Å². The van der Waals surface area contributed by atoms with Crippen LogP contribution in [0.5, 0.6) is 0 Å². The van der Waals surface area contributed by atoms with E-state index in [2.05, 4.69) is 5.32 Å². The Kier molecular flexibility index (Phi) is 4.95. The van der Waals surface area contributed by atoms with E-state index in [1.165, 1.54) is 12.1 Å². The number of nitrogens with one attached hydrogen (secondary N) is 1. The number of carbonyl (C=O) groups excluding carboxylic acids is 1. The lowest BCUT2D eigenvalue weighted by atomic mass is 10.2. The normalized spacial score (nSPS) is 15.8. The molecule has 20 heavy (non-hydrogen) atoms. The first-order valence-electron chi connectivity index (χ1n) is 7.14. The topological polar surface area (TPSA) is 58.4 Å². The monoisotopic (exact) mass is 279 g/mol. The minimum Gasteiger partial charge on any atom is -0.360 e. The molecule has 0 spiro atoms. The molecule has 0 heterocycles. The van der Waals surface area contributed by atoms with Gasteiger partial charge in [0.05, 0.1) is 0 Å². The van der Waals surface area contributed by atoms with E-state index in [4.69, 9.17) is 5.73 Å². The lowest BCUT2D eigenvalue weighted by Gasteiger charge is -2.30. The Balaban J connectivity index is 2.08. The number of benzene rings is 1. The van der Waals surface area contributed by atoms with Gasteiger partial charge in [-0.2, -0.15) is 0 Å². The maximum absolute atomic E-state index is 13.0. The molecule has 0 aliphatic heterocycles. The fourth-order valence-corrected chi connectivity index (χ4v) is 2.13. The van der Waals surface area contributed by atoms with Gasteiger partial charge < -0.3 is 16.0 Å². The zero-order valence-corrected chi connectivity index (χ0v) is 11.8. The van der Waals surface area contributed by atoms with E-state index in [1.807, 2.05) is 11.8 Å². The first kappa shape index (κ1) is 14.8. The molecule has 1 fully saturated rings. The Morgan fingerprint density at radius 3 is 2.65 bits per heavy atom. The van der Waals surface area contributed by atoms with Gasteiger partial charge in [0.2, 0.25) is 5.91 Å². The summed E-state index contributed by atoms with van der Waals surface area (Å²) in [5.41, 5.74) is 6.40. The number of rotatable bonds is 7. The van der Waals surface area contributed by atoms with Gasteiger partial charge in [-0.1, -0.05) is 0 Å². The van der Waals surface area contributed by atoms with Crippen LogP contribution in [0.2, 0.25) is 0 Å². The van der Waals surface area contributed by atoms with E-state index < -0.39 is 0 Å². The van der Waals surface area contributed by atoms with E-state index in [0.29, 0.717) is 19.1 Å². The standard InChI is InChI=1S/C15H22FN3O/c1-11(15(20)18-13-5-6-13)19(10-2-9-17)14-7-3-12(16)4-8-14/h3-4,7-8,11,13H,2,5-6,9-10,17H2,1H3,(H,18,20). The highest BCUT2D eigenvalue weighted by Crippen LogP contribution is 2.21. The van der Waals surface area contributed by atoms with Crippen molar-refractivity contribution >= 4 is 11.6 Å². The first-order valence-corrected chi connectivity index (χ1v) is 7.14. The Morgan fingerprint density at radius 1 is 1.45 bits per heavy atom. The summed E-state index contributed by atoms with van der Waals surface area (Å²) in [5.74, 6) is -0.253. The molecule has 1 aromatic carbocycles. The number of nitrogens with two attached hydrogens (primary N) is 1. The van der Waals surface area contributed by atoms with Gasteiger partial charge in [-0.3, -0.25) is 4.79 Å². The van der Waals surface area contributed by atoms with E-state index in [-0.39, 0.29) is 17.8 Å². The van der Waals surface area contributed by atoms with Crippen molar-refractivity contribution in [1.82, 2.24) is 5.32 Å². The molecule has 1 atom stereocenters. The van der Waals surface area contributed by atoms with Crippen LogP contribution in [0.4, 0.5) is 10.1 Å². The summed E-state index contributed by atoms with van der Waals surface area (Å²) in [6.07, 6.45) is 2.92. The summed E-state index contributed by atoms with van der Waals surface area (Å²) >= 11 is 0. The largest absolute Gasteiger partial charge is 0.360 e. The molecule has 1 aromatic rings. The Labute approximate surface area is 119 Å². The molecular weight excluding hydrogens is 257 g/mol. The Morgan fingerprint density at radius 2 is 2.10 bits per heavy atom. The predicted molar refractivity (Wildman–Crippen MR) is 78.0 cm³/mol. The maximum atomic E-state index is 13.0. The third-order valence-corrected chi connectivity index (χ3v) is 3.53. The number of nitrogens with zero attached hydrogens (tertiary/aromatic N) is 1. The van der Waals surface area contributed by atoms with Gasteiger partial charge in [-0.15, -0.1) is 0 Å². The third-order valence-electron chi connectivity index (χ3n) is 3.53. The van der Waals surface area contributed by atoms with Gasteiger partial charge in [-0.25, -0.2) is 4.39 Å². The van der Waals surface area contributed by atoms with Crippen molar-refractivity contribution < 1.29 is 9.18 Å². The zero-order chi connectivity index (χ0) is 14.5. The fraction of sp³-hybridized carbons (Fsp3) is 0.533. The summed E-state index contributed by atoms with van der Waals surface area (Å²) in [4.78, 5) is 14.2. The molecule has 1 saturated carbocycles. The van der Waals surface area contributed by atoms with Crippen LogP contribution in [-0.2, 0) is 4.79 Å². The molecule has 4 nitrogen and oxygen atoms in total. The number of carbonyl (C=O) groups is 1. The van der Waals surface area contributed by atoms with E-state index in [1.54, 1.807) is 12.1 Å². The predicted octanol–water partition coefficient (Wildman–Crippen LogP) is 1.65. The van der Waals surface area contributed by atoms with Crippen molar-refractivity contribution in [2.75, 3.05) is 18.0 Å². The second kappa shape index (κ2) is 6.70. The van der Waals surface area contributed by atoms with Gasteiger partial charge in [0.15, 0.2) is 0 Å². The second-order valence-electron chi connectivity index (χ2n) is 5.27. The Bertz CT molecular complexity index is 445. The fourth-order valence-electron chi connectivity index (χ4n) is 2.13.